The molecule has 1 aliphatic rings. The Hall–Kier alpha value is -0.0000000000000000486. The first-order valence-electron chi connectivity index (χ1n) is 3.94. The number of carboxylic acids is 1. The van der Waals surface area contributed by atoms with Crippen LogP contribution in [-0.2, 0) is 25.6 Å². The fraction of sp³-hybridized carbons (Fsp3) is 0.857. The van der Waals surface area contributed by atoms with Crippen molar-refractivity contribution in [2.24, 2.45) is 5.92 Å². The number of hydrogen-bond donors (Lipinski definition) is 2. The SMILES string of the molecule is CC1CC(CC(=O)O)CS(=S)N1. The molecular formula is C7H13NO2S2. The lowest BCUT2D eigenvalue weighted by Gasteiger charge is -2.27. The highest BCUT2D eigenvalue weighted by atomic mass is 32.8. The Kier molecular flexibility index (Phi) is 3.61. The predicted octanol–water partition coefficient (Wildman–Crippen LogP) is 0.454. The number of aliphatic carboxylic acids is 1. The molecule has 3 nitrogen and oxygen atoms in total. The van der Waals surface area contributed by atoms with E-state index in [0.717, 1.165) is 12.2 Å². The highest BCUT2D eigenvalue weighted by Gasteiger charge is 2.22. The fourth-order valence-electron chi connectivity index (χ4n) is 1.49. The standard InChI is InChI=1S/C7H13NO2S2/c1-5-2-6(3-7(9)10)4-12(11)8-5/h5-6,8H,2-4H2,1H3,(H,9,10). The molecule has 1 heterocycles. The van der Waals surface area contributed by atoms with Crippen molar-refractivity contribution in [1.82, 2.24) is 4.72 Å². The largest absolute Gasteiger partial charge is 0.481 e. The van der Waals surface area contributed by atoms with E-state index in [-0.39, 0.29) is 22.0 Å². The Labute approximate surface area is 79.3 Å². The molecule has 0 spiro atoms. The van der Waals surface area contributed by atoms with Crippen molar-refractivity contribution in [3.63, 3.8) is 0 Å². The maximum Gasteiger partial charge on any atom is 0.303 e. The number of rotatable bonds is 2. The van der Waals surface area contributed by atoms with Crippen LogP contribution in [0.25, 0.3) is 0 Å². The third-order valence-electron chi connectivity index (χ3n) is 1.87. The zero-order chi connectivity index (χ0) is 9.14. The van der Waals surface area contributed by atoms with Crippen LogP contribution in [0.4, 0.5) is 0 Å². The normalized spacial score (nSPS) is 36.2. The van der Waals surface area contributed by atoms with Crippen LogP contribution in [0.2, 0.25) is 0 Å². The first-order valence-corrected chi connectivity index (χ1v) is 6.26. The van der Waals surface area contributed by atoms with Crippen LogP contribution in [0.3, 0.4) is 0 Å². The van der Waals surface area contributed by atoms with E-state index in [4.69, 9.17) is 16.3 Å². The van der Waals surface area contributed by atoms with Crippen molar-refractivity contribution in [3.8, 4) is 0 Å². The molecule has 3 atom stereocenters. The molecule has 1 rings (SSSR count). The average Bonchev–Trinajstić information content (AvgIpc) is 1.81. The van der Waals surface area contributed by atoms with Crippen molar-refractivity contribution in [2.75, 3.05) is 5.75 Å². The summed E-state index contributed by atoms with van der Waals surface area (Å²) >= 11 is 5.12. The second-order valence-corrected chi connectivity index (χ2v) is 5.70. The van der Waals surface area contributed by atoms with Gasteiger partial charge in [-0.1, -0.05) is 9.64 Å². The molecule has 0 aliphatic carbocycles. The van der Waals surface area contributed by atoms with Crippen molar-refractivity contribution in [3.05, 3.63) is 0 Å². The number of nitrogens with one attached hydrogen (secondary N) is 1. The summed E-state index contributed by atoms with van der Waals surface area (Å²) in [6.07, 6.45) is 1.21. The molecule has 70 valence electrons. The molecule has 0 saturated carbocycles. The maximum atomic E-state index is 10.4. The quantitative estimate of drug-likeness (QED) is 0.690. The van der Waals surface area contributed by atoms with E-state index in [2.05, 4.69) is 11.6 Å². The average molecular weight is 207 g/mol. The van der Waals surface area contributed by atoms with E-state index < -0.39 is 5.97 Å². The van der Waals surface area contributed by atoms with E-state index in [1.54, 1.807) is 0 Å². The minimum absolute atomic E-state index is 0.197. The lowest BCUT2D eigenvalue weighted by atomic mass is 9.99. The van der Waals surface area contributed by atoms with E-state index in [1.165, 1.54) is 0 Å². The molecule has 0 aromatic rings. The molecule has 0 radical (unpaired) electrons. The van der Waals surface area contributed by atoms with E-state index >= 15 is 0 Å². The second-order valence-electron chi connectivity index (χ2n) is 3.23. The van der Waals surface area contributed by atoms with E-state index in [1.807, 2.05) is 0 Å². The van der Waals surface area contributed by atoms with Crippen molar-refractivity contribution in [2.45, 2.75) is 25.8 Å². The molecule has 0 amide bonds. The lowest BCUT2D eigenvalue weighted by Crippen LogP contribution is -2.39. The van der Waals surface area contributed by atoms with Gasteiger partial charge in [0.1, 0.15) is 0 Å². The van der Waals surface area contributed by atoms with Gasteiger partial charge in [0.25, 0.3) is 0 Å². The zero-order valence-electron chi connectivity index (χ0n) is 6.95. The van der Waals surface area contributed by atoms with Gasteiger partial charge in [0.15, 0.2) is 0 Å². The summed E-state index contributed by atoms with van der Waals surface area (Å²) in [6, 6.07) is 0.379. The lowest BCUT2D eigenvalue weighted by molar-refractivity contribution is -0.138. The molecule has 3 unspecified atom stereocenters. The molecule has 0 aromatic heterocycles. The van der Waals surface area contributed by atoms with Gasteiger partial charge in [-0.15, -0.1) is 0 Å². The number of hydrogen-bond acceptors (Lipinski definition) is 2. The van der Waals surface area contributed by atoms with Gasteiger partial charge in [0.05, 0.1) is 0 Å². The first kappa shape index (κ1) is 10.1. The Morgan fingerprint density at radius 2 is 2.50 bits per heavy atom. The van der Waals surface area contributed by atoms with E-state index in [9.17, 15) is 4.79 Å². The number of carboxylic acid groups (broad SMARTS) is 1. The van der Waals surface area contributed by atoms with Crippen LogP contribution in [-0.4, -0.2) is 22.9 Å². The van der Waals surface area contributed by atoms with Gasteiger partial charge in [-0.2, -0.15) is 0 Å². The summed E-state index contributed by atoms with van der Waals surface area (Å²) in [6.45, 7) is 2.06. The molecule has 0 aromatic carbocycles. The van der Waals surface area contributed by atoms with Crippen LogP contribution in [0.15, 0.2) is 0 Å². The molecule has 1 fully saturated rings. The minimum Gasteiger partial charge on any atom is -0.481 e. The summed E-state index contributed by atoms with van der Waals surface area (Å²) in [5, 5.41) is 8.59. The van der Waals surface area contributed by atoms with Crippen LogP contribution in [0, 0.1) is 5.92 Å². The highest BCUT2D eigenvalue weighted by Crippen LogP contribution is 2.17. The fourth-order valence-corrected chi connectivity index (χ4v) is 3.89. The van der Waals surface area contributed by atoms with Crippen molar-refractivity contribution >= 4 is 26.8 Å². The van der Waals surface area contributed by atoms with Crippen LogP contribution in [0.1, 0.15) is 19.8 Å². The van der Waals surface area contributed by atoms with Gasteiger partial charge in [0, 0.05) is 18.2 Å². The van der Waals surface area contributed by atoms with Crippen LogP contribution >= 0.6 is 0 Å². The maximum absolute atomic E-state index is 10.4. The molecule has 12 heavy (non-hydrogen) atoms. The third kappa shape index (κ3) is 3.16. The van der Waals surface area contributed by atoms with Crippen molar-refractivity contribution in [1.29, 1.82) is 0 Å². The Balaban J connectivity index is 2.44. The van der Waals surface area contributed by atoms with Gasteiger partial charge in [-0.05, 0) is 30.5 Å². The summed E-state index contributed by atoms with van der Waals surface area (Å²) < 4.78 is 3.23. The Morgan fingerprint density at radius 1 is 1.83 bits per heavy atom. The third-order valence-corrected chi connectivity index (χ3v) is 4.01. The predicted molar refractivity (Wildman–Crippen MR) is 52.6 cm³/mol. The minimum atomic E-state index is -0.707. The molecule has 1 aliphatic heterocycles. The van der Waals surface area contributed by atoms with Gasteiger partial charge in [-0.3, -0.25) is 9.52 Å². The summed E-state index contributed by atoms with van der Waals surface area (Å²) in [7, 11) is -0.197. The smallest absolute Gasteiger partial charge is 0.303 e. The van der Waals surface area contributed by atoms with Crippen LogP contribution < -0.4 is 4.72 Å². The number of carbonyl (C=O) groups is 1. The van der Waals surface area contributed by atoms with Crippen molar-refractivity contribution < 1.29 is 9.90 Å². The summed E-state index contributed by atoms with van der Waals surface area (Å²) in [5.41, 5.74) is 0. The van der Waals surface area contributed by atoms with Gasteiger partial charge >= 0.3 is 5.97 Å². The summed E-state index contributed by atoms with van der Waals surface area (Å²) in [5.74, 6) is 0.409. The van der Waals surface area contributed by atoms with Crippen LogP contribution in [0.5, 0.6) is 0 Å². The second kappa shape index (κ2) is 4.30. The zero-order valence-corrected chi connectivity index (χ0v) is 8.58. The molecule has 2 N–H and O–H groups in total. The first-order chi connectivity index (χ1) is 5.58. The molecule has 5 heteroatoms. The molecule has 1 saturated heterocycles. The highest BCUT2D eigenvalue weighted by molar-refractivity contribution is 8.27. The van der Waals surface area contributed by atoms with E-state index in [0.29, 0.717) is 6.04 Å². The molecular weight excluding hydrogens is 194 g/mol. The Morgan fingerprint density at radius 3 is 3.00 bits per heavy atom. The molecule has 0 bridgehead atoms. The monoisotopic (exact) mass is 207 g/mol. The Bertz CT molecular complexity index is 206. The van der Waals surface area contributed by atoms with Gasteiger partial charge in [-0.25, -0.2) is 0 Å². The summed E-state index contributed by atoms with van der Waals surface area (Å²) in [4.78, 5) is 10.4. The van der Waals surface area contributed by atoms with Gasteiger partial charge < -0.3 is 5.11 Å². The topological polar surface area (TPSA) is 49.3 Å². The van der Waals surface area contributed by atoms with Gasteiger partial charge in [0.2, 0.25) is 0 Å².